The van der Waals surface area contributed by atoms with Gasteiger partial charge in [0.2, 0.25) is 0 Å². The maximum absolute atomic E-state index is 5.41. The van der Waals surface area contributed by atoms with Crippen LogP contribution in [0.1, 0.15) is 11.3 Å². The lowest BCUT2D eigenvalue weighted by Crippen LogP contribution is -2.14. The predicted molar refractivity (Wildman–Crippen MR) is 82.8 cm³/mol. The zero-order chi connectivity index (χ0) is 14.5. The summed E-state index contributed by atoms with van der Waals surface area (Å²) in [5, 5.41) is 3.17. The standard InChI is InChI=1S/C16H21N3O/c1-12-9-13(11-17-2)10-16(18-12)19(3)14-7-5-6-8-15(14)20-4/h5-10,17H,11H2,1-4H3. The van der Waals surface area contributed by atoms with Crippen molar-refractivity contribution in [3.8, 4) is 5.75 Å². The third-order valence-electron chi connectivity index (χ3n) is 3.17. The van der Waals surface area contributed by atoms with E-state index in [-0.39, 0.29) is 0 Å². The van der Waals surface area contributed by atoms with E-state index >= 15 is 0 Å². The van der Waals surface area contributed by atoms with Gasteiger partial charge in [-0.05, 0) is 43.8 Å². The molecule has 2 aromatic rings. The van der Waals surface area contributed by atoms with E-state index in [2.05, 4.69) is 22.4 Å². The highest BCUT2D eigenvalue weighted by Crippen LogP contribution is 2.31. The molecule has 0 spiro atoms. The summed E-state index contributed by atoms with van der Waals surface area (Å²) in [7, 11) is 5.63. The fourth-order valence-corrected chi connectivity index (χ4v) is 2.23. The first kappa shape index (κ1) is 14.3. The van der Waals surface area contributed by atoms with E-state index in [9.17, 15) is 0 Å². The Bertz CT molecular complexity index is 584. The van der Waals surface area contributed by atoms with Crippen molar-refractivity contribution < 1.29 is 4.74 Å². The van der Waals surface area contributed by atoms with E-state index < -0.39 is 0 Å². The summed E-state index contributed by atoms with van der Waals surface area (Å²) in [6.45, 7) is 2.84. The highest BCUT2D eigenvalue weighted by Gasteiger charge is 2.11. The quantitative estimate of drug-likeness (QED) is 0.907. The molecule has 1 heterocycles. The molecule has 0 bridgehead atoms. The molecule has 1 N–H and O–H groups in total. The van der Waals surface area contributed by atoms with Gasteiger partial charge in [-0.3, -0.25) is 0 Å². The van der Waals surface area contributed by atoms with Crippen LogP contribution in [0, 0.1) is 6.92 Å². The molecule has 0 fully saturated rings. The van der Waals surface area contributed by atoms with Gasteiger partial charge in [-0.25, -0.2) is 4.98 Å². The molecule has 0 unspecified atom stereocenters. The number of para-hydroxylation sites is 2. The second-order valence-corrected chi connectivity index (χ2v) is 4.74. The smallest absolute Gasteiger partial charge is 0.142 e. The molecule has 0 saturated heterocycles. The first-order chi connectivity index (χ1) is 9.65. The van der Waals surface area contributed by atoms with Crippen molar-refractivity contribution in [3.63, 3.8) is 0 Å². The third-order valence-corrected chi connectivity index (χ3v) is 3.17. The molecule has 4 nitrogen and oxygen atoms in total. The number of aryl methyl sites for hydroxylation is 1. The third kappa shape index (κ3) is 3.08. The van der Waals surface area contributed by atoms with Crippen LogP contribution >= 0.6 is 0 Å². The lowest BCUT2D eigenvalue weighted by atomic mass is 10.2. The zero-order valence-corrected chi connectivity index (χ0v) is 12.5. The normalized spacial score (nSPS) is 10.4. The van der Waals surface area contributed by atoms with Crippen molar-refractivity contribution in [3.05, 3.63) is 47.7 Å². The van der Waals surface area contributed by atoms with Gasteiger partial charge in [-0.2, -0.15) is 0 Å². The monoisotopic (exact) mass is 271 g/mol. The molecule has 0 aliphatic carbocycles. The molecule has 1 aromatic carbocycles. The molecule has 1 aromatic heterocycles. The van der Waals surface area contributed by atoms with Crippen LogP contribution in [0.15, 0.2) is 36.4 Å². The highest BCUT2D eigenvalue weighted by atomic mass is 16.5. The van der Waals surface area contributed by atoms with E-state index in [1.54, 1.807) is 7.11 Å². The number of ether oxygens (including phenoxy) is 1. The SMILES string of the molecule is CNCc1cc(C)nc(N(C)c2ccccc2OC)c1. The molecule has 0 atom stereocenters. The lowest BCUT2D eigenvalue weighted by molar-refractivity contribution is 0.415. The zero-order valence-electron chi connectivity index (χ0n) is 12.5. The van der Waals surface area contributed by atoms with Crippen molar-refractivity contribution >= 4 is 11.5 Å². The van der Waals surface area contributed by atoms with Gasteiger partial charge in [-0.1, -0.05) is 12.1 Å². The van der Waals surface area contributed by atoms with Crippen molar-refractivity contribution in [2.24, 2.45) is 0 Å². The average Bonchev–Trinajstić information content (AvgIpc) is 2.46. The Morgan fingerprint density at radius 2 is 2.00 bits per heavy atom. The second-order valence-electron chi connectivity index (χ2n) is 4.74. The molecule has 4 heteroatoms. The summed E-state index contributed by atoms with van der Waals surface area (Å²) < 4.78 is 5.41. The van der Waals surface area contributed by atoms with Crippen molar-refractivity contribution in [2.45, 2.75) is 13.5 Å². The van der Waals surface area contributed by atoms with Crippen LogP contribution < -0.4 is 15.0 Å². The first-order valence-electron chi connectivity index (χ1n) is 6.64. The minimum absolute atomic E-state index is 0.829. The number of hydrogen-bond donors (Lipinski definition) is 1. The molecule has 0 aliphatic rings. The Kier molecular flexibility index (Phi) is 4.58. The van der Waals surface area contributed by atoms with Crippen LogP contribution in [0.5, 0.6) is 5.75 Å². The van der Waals surface area contributed by atoms with E-state index in [1.807, 2.05) is 50.2 Å². The fraction of sp³-hybridized carbons (Fsp3) is 0.312. The maximum Gasteiger partial charge on any atom is 0.142 e. The number of methoxy groups -OCH3 is 1. The van der Waals surface area contributed by atoms with Crippen LogP contribution in [0.4, 0.5) is 11.5 Å². The van der Waals surface area contributed by atoms with E-state index in [4.69, 9.17) is 4.74 Å². The first-order valence-corrected chi connectivity index (χ1v) is 6.64. The molecule has 2 rings (SSSR count). The van der Waals surface area contributed by atoms with Crippen molar-refractivity contribution in [2.75, 3.05) is 26.1 Å². The van der Waals surface area contributed by atoms with Crippen LogP contribution in [-0.4, -0.2) is 26.2 Å². The number of nitrogens with zero attached hydrogens (tertiary/aromatic N) is 2. The summed E-state index contributed by atoms with van der Waals surface area (Å²) in [5.74, 6) is 1.76. The summed E-state index contributed by atoms with van der Waals surface area (Å²) in [4.78, 5) is 6.66. The molecule has 0 aliphatic heterocycles. The van der Waals surface area contributed by atoms with Crippen LogP contribution in [0.3, 0.4) is 0 Å². The maximum atomic E-state index is 5.41. The average molecular weight is 271 g/mol. The van der Waals surface area contributed by atoms with Crippen LogP contribution in [-0.2, 0) is 6.54 Å². The molecule has 0 saturated carbocycles. The van der Waals surface area contributed by atoms with Gasteiger partial charge >= 0.3 is 0 Å². The number of anilines is 2. The molecular formula is C16H21N3O. The Balaban J connectivity index is 2.39. The van der Waals surface area contributed by atoms with Crippen LogP contribution in [0.25, 0.3) is 0 Å². The molecule has 106 valence electrons. The van der Waals surface area contributed by atoms with E-state index in [1.165, 1.54) is 5.56 Å². The van der Waals surface area contributed by atoms with Gasteiger partial charge in [-0.15, -0.1) is 0 Å². The Morgan fingerprint density at radius 1 is 1.25 bits per heavy atom. The fourth-order valence-electron chi connectivity index (χ4n) is 2.23. The number of aromatic nitrogens is 1. The number of benzene rings is 1. The second kappa shape index (κ2) is 6.39. The van der Waals surface area contributed by atoms with Crippen LogP contribution in [0.2, 0.25) is 0 Å². The number of hydrogen-bond acceptors (Lipinski definition) is 4. The Morgan fingerprint density at radius 3 is 2.70 bits per heavy atom. The van der Waals surface area contributed by atoms with Gasteiger partial charge in [0.05, 0.1) is 12.8 Å². The van der Waals surface area contributed by atoms with Crippen molar-refractivity contribution in [1.82, 2.24) is 10.3 Å². The number of rotatable bonds is 5. The largest absolute Gasteiger partial charge is 0.495 e. The number of nitrogens with one attached hydrogen (secondary N) is 1. The van der Waals surface area contributed by atoms with Gasteiger partial charge in [0, 0.05) is 19.3 Å². The highest BCUT2D eigenvalue weighted by molar-refractivity contribution is 5.66. The Labute approximate surface area is 120 Å². The predicted octanol–water partition coefficient (Wildman–Crippen LogP) is 2.89. The number of pyridine rings is 1. The van der Waals surface area contributed by atoms with Crippen molar-refractivity contribution in [1.29, 1.82) is 0 Å². The summed E-state index contributed by atoms with van der Waals surface area (Å²) in [6.07, 6.45) is 0. The van der Waals surface area contributed by atoms with E-state index in [0.717, 1.165) is 29.5 Å². The van der Waals surface area contributed by atoms with Gasteiger partial charge in [0.1, 0.15) is 11.6 Å². The van der Waals surface area contributed by atoms with Gasteiger partial charge in [0.15, 0.2) is 0 Å². The summed E-state index contributed by atoms with van der Waals surface area (Å²) in [6, 6.07) is 12.1. The molecule has 0 amide bonds. The molecule has 0 radical (unpaired) electrons. The van der Waals surface area contributed by atoms with Gasteiger partial charge < -0.3 is 15.0 Å². The molecular weight excluding hydrogens is 250 g/mol. The minimum Gasteiger partial charge on any atom is -0.495 e. The lowest BCUT2D eigenvalue weighted by Gasteiger charge is -2.21. The molecule has 20 heavy (non-hydrogen) atoms. The Hall–Kier alpha value is -2.07. The summed E-state index contributed by atoms with van der Waals surface area (Å²) in [5.41, 5.74) is 3.23. The van der Waals surface area contributed by atoms with E-state index in [0.29, 0.717) is 0 Å². The van der Waals surface area contributed by atoms with Gasteiger partial charge in [0.25, 0.3) is 0 Å². The summed E-state index contributed by atoms with van der Waals surface area (Å²) >= 11 is 0. The minimum atomic E-state index is 0.829. The topological polar surface area (TPSA) is 37.4 Å².